The Hall–Kier alpha value is -0.720. The van der Waals surface area contributed by atoms with Crippen LogP contribution in [0.2, 0.25) is 0 Å². The van der Waals surface area contributed by atoms with Crippen LogP contribution in [-0.4, -0.2) is 5.11 Å². The Morgan fingerprint density at radius 2 is 2.33 bits per heavy atom. The van der Waals surface area contributed by atoms with Gasteiger partial charge in [-0.25, -0.2) is 0 Å². The Bertz CT molecular complexity index is 165. The quantitative estimate of drug-likeness (QED) is 0.525. The third-order valence-electron chi connectivity index (χ3n) is 1.91. The Morgan fingerprint density at radius 1 is 1.67 bits per heavy atom. The maximum atomic E-state index is 9.14. The van der Waals surface area contributed by atoms with Crippen LogP contribution in [-0.2, 0) is 0 Å². The zero-order valence-corrected chi connectivity index (χ0v) is 5.89. The van der Waals surface area contributed by atoms with Gasteiger partial charge in [-0.05, 0) is 30.9 Å². The second kappa shape index (κ2) is 2.26. The van der Waals surface area contributed by atoms with Gasteiger partial charge in [-0.15, -0.1) is 0 Å². The number of hydrogen-bond acceptors (Lipinski definition) is 1. The molecule has 1 atom stereocenters. The lowest BCUT2D eigenvalue weighted by Gasteiger charge is -2.14. The molecule has 0 saturated heterocycles. The second-order valence-electron chi connectivity index (χ2n) is 2.61. The summed E-state index contributed by atoms with van der Waals surface area (Å²) in [5.41, 5.74) is 1.11. The Morgan fingerprint density at radius 3 is 2.78 bits per heavy atom. The van der Waals surface area contributed by atoms with Crippen molar-refractivity contribution < 1.29 is 5.11 Å². The fourth-order valence-electron chi connectivity index (χ4n) is 0.944. The zero-order chi connectivity index (χ0) is 6.85. The lowest BCUT2D eigenvalue weighted by atomic mass is 9.94. The van der Waals surface area contributed by atoms with Crippen LogP contribution in [0, 0.1) is 5.92 Å². The molecule has 50 valence electrons. The third-order valence-corrected chi connectivity index (χ3v) is 1.91. The van der Waals surface area contributed by atoms with Crippen molar-refractivity contribution in [2.75, 3.05) is 0 Å². The topological polar surface area (TPSA) is 20.2 Å². The summed E-state index contributed by atoms with van der Waals surface area (Å²) in [6, 6.07) is 0. The average molecular weight is 124 g/mol. The molecular weight excluding hydrogens is 112 g/mol. The van der Waals surface area contributed by atoms with Gasteiger partial charge in [0.05, 0.1) is 0 Å². The molecule has 1 N–H and O–H groups in total. The predicted molar refractivity (Wildman–Crippen MR) is 38.2 cm³/mol. The van der Waals surface area contributed by atoms with Crippen molar-refractivity contribution >= 4 is 0 Å². The smallest absolute Gasteiger partial charge is 0.114 e. The molecule has 0 heterocycles. The van der Waals surface area contributed by atoms with Crippen molar-refractivity contribution in [1.82, 2.24) is 0 Å². The van der Waals surface area contributed by atoms with Gasteiger partial charge in [-0.1, -0.05) is 13.0 Å². The first-order valence-corrected chi connectivity index (χ1v) is 3.28. The van der Waals surface area contributed by atoms with E-state index in [9.17, 15) is 0 Å². The van der Waals surface area contributed by atoms with E-state index in [0.29, 0.717) is 11.7 Å². The summed E-state index contributed by atoms with van der Waals surface area (Å²) in [6.45, 7) is 4.10. The first-order valence-electron chi connectivity index (χ1n) is 3.28. The fourth-order valence-corrected chi connectivity index (χ4v) is 0.944. The molecule has 0 bridgehead atoms. The third kappa shape index (κ3) is 1.15. The highest BCUT2D eigenvalue weighted by Crippen LogP contribution is 2.22. The van der Waals surface area contributed by atoms with E-state index in [-0.39, 0.29) is 0 Å². The number of aliphatic hydroxyl groups excluding tert-OH is 1. The van der Waals surface area contributed by atoms with E-state index in [1.54, 1.807) is 6.08 Å². The Labute approximate surface area is 55.7 Å². The summed E-state index contributed by atoms with van der Waals surface area (Å²) < 4.78 is 0. The van der Waals surface area contributed by atoms with Gasteiger partial charge in [0.15, 0.2) is 0 Å². The van der Waals surface area contributed by atoms with Crippen LogP contribution in [0.3, 0.4) is 0 Å². The molecule has 1 aliphatic rings. The van der Waals surface area contributed by atoms with Crippen molar-refractivity contribution in [3.8, 4) is 0 Å². The van der Waals surface area contributed by atoms with Crippen molar-refractivity contribution in [2.24, 2.45) is 5.92 Å². The van der Waals surface area contributed by atoms with Gasteiger partial charge in [0.2, 0.25) is 0 Å². The van der Waals surface area contributed by atoms with Gasteiger partial charge in [-0.2, -0.15) is 0 Å². The molecule has 0 aromatic carbocycles. The van der Waals surface area contributed by atoms with E-state index < -0.39 is 0 Å². The molecule has 1 heteroatoms. The largest absolute Gasteiger partial charge is 0.508 e. The molecule has 1 rings (SSSR count). The molecular formula is C8H12O. The summed E-state index contributed by atoms with van der Waals surface area (Å²) >= 11 is 0. The van der Waals surface area contributed by atoms with Gasteiger partial charge < -0.3 is 5.11 Å². The molecule has 0 fully saturated rings. The minimum absolute atomic E-state index is 0.453. The van der Waals surface area contributed by atoms with Crippen LogP contribution in [0.25, 0.3) is 0 Å². The van der Waals surface area contributed by atoms with E-state index >= 15 is 0 Å². The molecule has 0 aromatic heterocycles. The maximum Gasteiger partial charge on any atom is 0.114 e. The highest BCUT2D eigenvalue weighted by Gasteiger charge is 2.09. The van der Waals surface area contributed by atoms with Crippen LogP contribution in [0.4, 0.5) is 0 Å². The van der Waals surface area contributed by atoms with Gasteiger partial charge in [0, 0.05) is 0 Å². The number of aliphatic hydroxyl groups is 1. The lowest BCUT2D eigenvalue weighted by molar-refractivity contribution is 0.409. The highest BCUT2D eigenvalue weighted by molar-refractivity contribution is 5.23. The van der Waals surface area contributed by atoms with Gasteiger partial charge in [-0.3, -0.25) is 0 Å². The van der Waals surface area contributed by atoms with E-state index in [1.807, 2.05) is 13.0 Å². The van der Waals surface area contributed by atoms with Crippen LogP contribution in [0.5, 0.6) is 0 Å². The molecule has 0 radical (unpaired) electrons. The minimum Gasteiger partial charge on any atom is -0.508 e. The van der Waals surface area contributed by atoms with Gasteiger partial charge >= 0.3 is 0 Å². The molecule has 0 spiro atoms. The van der Waals surface area contributed by atoms with Crippen LogP contribution < -0.4 is 0 Å². The molecule has 0 aromatic rings. The Balaban J connectivity index is 2.83. The first kappa shape index (κ1) is 6.40. The highest BCUT2D eigenvalue weighted by atomic mass is 16.3. The van der Waals surface area contributed by atoms with Gasteiger partial charge in [0.1, 0.15) is 5.76 Å². The van der Waals surface area contributed by atoms with E-state index in [2.05, 4.69) is 6.92 Å². The van der Waals surface area contributed by atoms with Crippen LogP contribution in [0.15, 0.2) is 23.5 Å². The normalized spacial score (nSPS) is 27.1. The van der Waals surface area contributed by atoms with E-state index in [4.69, 9.17) is 5.11 Å². The molecule has 0 saturated carbocycles. The number of hydrogen-bond donors (Lipinski definition) is 1. The SMILES string of the molecule is CC1=C(O)C=CC[C@@H]1C. The van der Waals surface area contributed by atoms with Crippen LogP contribution in [0.1, 0.15) is 20.3 Å². The molecule has 0 aliphatic heterocycles. The molecule has 9 heavy (non-hydrogen) atoms. The second-order valence-corrected chi connectivity index (χ2v) is 2.61. The molecule has 1 nitrogen and oxygen atoms in total. The minimum atomic E-state index is 0.453. The predicted octanol–water partition coefficient (Wildman–Crippen LogP) is 2.41. The summed E-state index contributed by atoms with van der Waals surface area (Å²) in [5.74, 6) is 0.976. The van der Waals surface area contributed by atoms with Crippen molar-refractivity contribution in [3.05, 3.63) is 23.5 Å². The first-order chi connectivity index (χ1) is 4.22. The summed E-state index contributed by atoms with van der Waals surface area (Å²) in [6.07, 6.45) is 4.85. The molecule has 1 aliphatic carbocycles. The molecule has 0 unspecified atom stereocenters. The molecule has 0 amide bonds. The maximum absolute atomic E-state index is 9.14. The van der Waals surface area contributed by atoms with E-state index in [0.717, 1.165) is 12.0 Å². The number of allylic oxidation sites excluding steroid dienone is 3. The standard InChI is InChI=1S/C8H12O/c1-6-4-3-5-8(9)7(6)2/h3,5-6,9H,4H2,1-2H3/t6-/m0/s1. The lowest BCUT2D eigenvalue weighted by Crippen LogP contribution is -2.01. The average Bonchev–Trinajstić information content (AvgIpc) is 1.83. The van der Waals surface area contributed by atoms with Crippen molar-refractivity contribution in [3.63, 3.8) is 0 Å². The summed E-state index contributed by atoms with van der Waals surface area (Å²) in [5, 5.41) is 9.14. The van der Waals surface area contributed by atoms with Crippen molar-refractivity contribution in [2.45, 2.75) is 20.3 Å². The Kier molecular flexibility index (Phi) is 1.60. The van der Waals surface area contributed by atoms with Crippen molar-refractivity contribution in [1.29, 1.82) is 0 Å². The van der Waals surface area contributed by atoms with E-state index in [1.165, 1.54) is 0 Å². The monoisotopic (exact) mass is 124 g/mol. The summed E-state index contributed by atoms with van der Waals surface area (Å²) in [7, 11) is 0. The van der Waals surface area contributed by atoms with Crippen LogP contribution >= 0.6 is 0 Å². The van der Waals surface area contributed by atoms with Gasteiger partial charge in [0.25, 0.3) is 0 Å². The number of rotatable bonds is 0. The zero-order valence-electron chi connectivity index (χ0n) is 5.89. The fraction of sp³-hybridized carbons (Fsp3) is 0.500. The summed E-state index contributed by atoms with van der Waals surface area (Å²) in [4.78, 5) is 0.